The summed E-state index contributed by atoms with van der Waals surface area (Å²) < 4.78 is 13.4. The van der Waals surface area contributed by atoms with Crippen molar-refractivity contribution < 1.29 is 9.47 Å². The summed E-state index contributed by atoms with van der Waals surface area (Å²) in [5.74, 6) is 1.02. The van der Waals surface area contributed by atoms with E-state index in [0.29, 0.717) is 12.1 Å². The second kappa shape index (κ2) is 5.38. The Bertz CT molecular complexity index is 387. The first-order chi connectivity index (χ1) is 8.84. The van der Waals surface area contributed by atoms with Crippen molar-refractivity contribution in [3.63, 3.8) is 0 Å². The van der Waals surface area contributed by atoms with Gasteiger partial charge >= 0.3 is 0 Å². The summed E-state index contributed by atoms with van der Waals surface area (Å²) in [6.07, 6.45) is 7.28. The molecule has 2 fully saturated rings. The van der Waals surface area contributed by atoms with Gasteiger partial charge in [-0.15, -0.1) is 0 Å². The third kappa shape index (κ3) is 2.43. The van der Waals surface area contributed by atoms with Gasteiger partial charge in [-0.3, -0.25) is 0 Å². The first-order valence-corrected chi connectivity index (χ1v) is 6.77. The van der Waals surface area contributed by atoms with Crippen LogP contribution in [-0.4, -0.2) is 41.5 Å². The summed E-state index contributed by atoms with van der Waals surface area (Å²) in [5.41, 5.74) is 0. The van der Waals surface area contributed by atoms with Gasteiger partial charge in [-0.1, -0.05) is 0 Å². The fourth-order valence-electron chi connectivity index (χ4n) is 2.84. The van der Waals surface area contributed by atoms with Crippen LogP contribution in [0.4, 0.5) is 0 Å². The van der Waals surface area contributed by atoms with Crippen LogP contribution in [0, 0.1) is 0 Å². The van der Waals surface area contributed by atoms with Crippen molar-refractivity contribution in [2.24, 2.45) is 7.05 Å². The number of aryl methyl sites for hydroxylation is 1. The van der Waals surface area contributed by atoms with Gasteiger partial charge in [0.25, 0.3) is 0 Å². The predicted molar refractivity (Wildman–Crippen MR) is 67.3 cm³/mol. The lowest BCUT2D eigenvalue weighted by molar-refractivity contribution is 0.0517. The molecule has 0 saturated carbocycles. The molecule has 5 heteroatoms. The van der Waals surface area contributed by atoms with Gasteiger partial charge in [0.05, 0.1) is 6.61 Å². The molecule has 1 N–H and O–H groups in total. The van der Waals surface area contributed by atoms with E-state index in [-0.39, 0.29) is 6.10 Å². The lowest BCUT2D eigenvalue weighted by atomic mass is 10.1. The molecule has 1 aromatic heterocycles. The molecule has 5 nitrogen and oxygen atoms in total. The molecule has 0 bridgehead atoms. The van der Waals surface area contributed by atoms with Gasteiger partial charge in [-0.05, 0) is 19.3 Å². The number of imidazole rings is 1. The second-order valence-corrected chi connectivity index (χ2v) is 5.16. The summed E-state index contributed by atoms with van der Waals surface area (Å²) in [4.78, 5) is 4.41. The van der Waals surface area contributed by atoms with Crippen LogP contribution in [0.5, 0.6) is 0 Å². The summed E-state index contributed by atoms with van der Waals surface area (Å²) in [5, 5.41) is 3.68. The lowest BCUT2D eigenvalue weighted by Gasteiger charge is -2.28. The summed E-state index contributed by atoms with van der Waals surface area (Å²) >= 11 is 0. The zero-order chi connectivity index (χ0) is 12.4. The second-order valence-electron chi connectivity index (χ2n) is 5.16. The van der Waals surface area contributed by atoms with E-state index in [9.17, 15) is 0 Å². The monoisotopic (exact) mass is 251 g/mol. The highest BCUT2D eigenvalue weighted by Crippen LogP contribution is 2.28. The molecule has 3 heterocycles. The highest BCUT2D eigenvalue weighted by Gasteiger charge is 2.33. The van der Waals surface area contributed by atoms with Crippen molar-refractivity contribution in [2.45, 2.75) is 37.5 Å². The molecule has 1 aromatic rings. The normalized spacial score (nSPS) is 32.8. The molecule has 3 atom stereocenters. The minimum Gasteiger partial charge on any atom is -0.380 e. The largest absolute Gasteiger partial charge is 0.380 e. The molecule has 3 rings (SSSR count). The zero-order valence-electron chi connectivity index (χ0n) is 10.8. The van der Waals surface area contributed by atoms with Crippen molar-refractivity contribution >= 4 is 0 Å². The first kappa shape index (κ1) is 12.1. The number of hydrogen-bond donors (Lipinski definition) is 1. The van der Waals surface area contributed by atoms with E-state index in [1.807, 2.05) is 24.0 Å². The molecular weight excluding hydrogens is 230 g/mol. The third-order valence-electron chi connectivity index (χ3n) is 3.81. The van der Waals surface area contributed by atoms with Crippen molar-refractivity contribution in [2.75, 3.05) is 19.8 Å². The average molecular weight is 251 g/mol. The number of nitrogens with one attached hydrogen (secondary N) is 1. The van der Waals surface area contributed by atoms with Crippen molar-refractivity contribution in [1.29, 1.82) is 0 Å². The minimum atomic E-state index is 0.0759. The zero-order valence-corrected chi connectivity index (χ0v) is 10.8. The average Bonchev–Trinajstić information content (AvgIpc) is 2.99. The Morgan fingerprint density at radius 3 is 3.06 bits per heavy atom. The predicted octanol–water partition coefficient (Wildman–Crippen LogP) is 1.02. The number of hydrogen-bond acceptors (Lipinski definition) is 4. The molecule has 18 heavy (non-hydrogen) atoms. The molecule has 100 valence electrons. The van der Waals surface area contributed by atoms with Gasteiger partial charge < -0.3 is 19.4 Å². The number of aromatic nitrogens is 2. The maximum Gasteiger partial charge on any atom is 0.139 e. The lowest BCUT2D eigenvalue weighted by Crippen LogP contribution is -2.44. The van der Waals surface area contributed by atoms with Crippen molar-refractivity contribution in [3.8, 4) is 0 Å². The van der Waals surface area contributed by atoms with E-state index < -0.39 is 0 Å². The van der Waals surface area contributed by atoms with Gasteiger partial charge in [-0.25, -0.2) is 4.98 Å². The summed E-state index contributed by atoms with van der Waals surface area (Å²) in [7, 11) is 2.02. The van der Waals surface area contributed by atoms with E-state index in [1.165, 1.54) is 6.42 Å². The number of ether oxygens (including phenoxy) is 2. The molecular formula is C13H21N3O2. The van der Waals surface area contributed by atoms with Crippen LogP contribution in [0.25, 0.3) is 0 Å². The van der Waals surface area contributed by atoms with E-state index >= 15 is 0 Å². The van der Waals surface area contributed by atoms with Gasteiger partial charge in [-0.2, -0.15) is 0 Å². The van der Waals surface area contributed by atoms with Crippen molar-refractivity contribution in [3.05, 3.63) is 18.2 Å². The Morgan fingerprint density at radius 2 is 2.33 bits per heavy atom. The van der Waals surface area contributed by atoms with Crippen LogP contribution < -0.4 is 5.32 Å². The highest BCUT2D eigenvalue weighted by molar-refractivity contribution is 5.03. The van der Waals surface area contributed by atoms with Gasteiger partial charge in [0, 0.05) is 44.7 Å². The highest BCUT2D eigenvalue weighted by atomic mass is 16.5. The molecule has 0 radical (unpaired) electrons. The van der Waals surface area contributed by atoms with Crippen LogP contribution in [0.3, 0.4) is 0 Å². The molecule has 2 aliphatic rings. The van der Waals surface area contributed by atoms with Crippen LogP contribution in [0.1, 0.15) is 31.2 Å². The van der Waals surface area contributed by atoms with Gasteiger partial charge in [0.2, 0.25) is 0 Å². The maximum atomic E-state index is 5.85. The van der Waals surface area contributed by atoms with Gasteiger partial charge in [0.1, 0.15) is 11.9 Å². The smallest absolute Gasteiger partial charge is 0.139 e. The van der Waals surface area contributed by atoms with Crippen LogP contribution in [0.2, 0.25) is 0 Å². The molecule has 0 aliphatic carbocycles. The number of nitrogens with zero attached hydrogens (tertiary/aromatic N) is 2. The SMILES string of the molecule is Cn1ccnc1[C@H]1OCC[C@@H]1N[C@H]1CCCOC1. The molecule has 0 unspecified atom stereocenters. The topological polar surface area (TPSA) is 48.3 Å². The van der Waals surface area contributed by atoms with E-state index in [2.05, 4.69) is 10.3 Å². The standard InChI is InChI=1S/C13H21N3O2/c1-16-6-5-14-13(16)12-11(4-8-18-12)15-10-3-2-7-17-9-10/h5-6,10-12,15H,2-4,7-9H2,1H3/t10-,11-,12-/m0/s1. The van der Waals surface area contributed by atoms with Crippen molar-refractivity contribution in [1.82, 2.24) is 14.9 Å². The molecule has 0 spiro atoms. The van der Waals surface area contributed by atoms with Crippen LogP contribution in [0.15, 0.2) is 12.4 Å². The van der Waals surface area contributed by atoms with E-state index in [0.717, 1.165) is 38.5 Å². The Hall–Kier alpha value is -0.910. The fourth-order valence-corrected chi connectivity index (χ4v) is 2.84. The molecule has 2 aliphatic heterocycles. The Morgan fingerprint density at radius 1 is 1.39 bits per heavy atom. The third-order valence-corrected chi connectivity index (χ3v) is 3.81. The van der Waals surface area contributed by atoms with Gasteiger partial charge in [0.15, 0.2) is 0 Å². The molecule has 0 amide bonds. The van der Waals surface area contributed by atoms with E-state index in [4.69, 9.17) is 9.47 Å². The summed E-state index contributed by atoms with van der Waals surface area (Å²) in [6, 6.07) is 0.825. The Kier molecular flexibility index (Phi) is 3.63. The number of rotatable bonds is 3. The fraction of sp³-hybridized carbons (Fsp3) is 0.769. The Balaban J connectivity index is 1.66. The first-order valence-electron chi connectivity index (χ1n) is 6.77. The molecule has 0 aromatic carbocycles. The van der Waals surface area contributed by atoms with E-state index in [1.54, 1.807) is 0 Å². The minimum absolute atomic E-state index is 0.0759. The van der Waals surface area contributed by atoms with Crippen LogP contribution >= 0.6 is 0 Å². The Labute approximate surface area is 107 Å². The summed E-state index contributed by atoms with van der Waals surface area (Å²) in [6.45, 7) is 2.54. The van der Waals surface area contributed by atoms with Crippen LogP contribution in [-0.2, 0) is 16.5 Å². The maximum absolute atomic E-state index is 5.85. The quantitative estimate of drug-likeness (QED) is 0.871. The molecule has 2 saturated heterocycles.